The van der Waals surface area contributed by atoms with Crippen LogP contribution < -0.4 is 21.5 Å². The predicted octanol–water partition coefficient (Wildman–Crippen LogP) is 0.487. The molecular formula is C19H40N4S2+2. The molecule has 1 aliphatic carbocycles. The van der Waals surface area contributed by atoms with Gasteiger partial charge < -0.3 is 0 Å². The highest BCUT2D eigenvalue weighted by Crippen LogP contribution is 2.34. The predicted molar refractivity (Wildman–Crippen MR) is 115 cm³/mol. The molecule has 1 saturated carbocycles. The first-order chi connectivity index (χ1) is 12.1. The second kappa shape index (κ2) is 14.8. The highest BCUT2D eigenvalue weighted by molar-refractivity contribution is 7.99. The van der Waals surface area contributed by atoms with Gasteiger partial charge in [-0.05, 0) is 37.9 Å². The van der Waals surface area contributed by atoms with Gasteiger partial charge in [0.15, 0.2) is 0 Å². The minimum atomic E-state index is 0.877. The van der Waals surface area contributed by atoms with Crippen LogP contribution in [0.1, 0.15) is 64.7 Å². The van der Waals surface area contributed by atoms with Crippen LogP contribution in [0, 0.1) is 5.92 Å². The Bertz CT molecular complexity index is 399. The smallest absolute Gasteiger partial charge is 0.240 e. The van der Waals surface area contributed by atoms with E-state index in [4.69, 9.17) is 11.5 Å². The van der Waals surface area contributed by atoms with Gasteiger partial charge in [-0.25, -0.2) is 0 Å². The molecule has 0 amide bonds. The third kappa shape index (κ3) is 11.8. The molecule has 0 aromatic rings. The molecule has 6 N–H and O–H groups in total. The molecule has 1 aliphatic rings. The number of amidine groups is 2. The highest BCUT2D eigenvalue weighted by Gasteiger charge is 2.23. The van der Waals surface area contributed by atoms with Crippen molar-refractivity contribution in [3.63, 3.8) is 0 Å². The standard InChI is InChI=1S/C19H38N4S2/c1-16-8-7-9-17(16)25-15-13-23-19(21)11-6-4-3-5-10-18(20)22-12-14-24-2/h16-17H,3-15H2,1-2H3,(H2,20,22)(H2,21,23)/p+2. The maximum absolute atomic E-state index is 6.09. The van der Waals surface area contributed by atoms with Gasteiger partial charge >= 0.3 is 0 Å². The number of rotatable bonds is 14. The van der Waals surface area contributed by atoms with Crippen molar-refractivity contribution in [2.24, 2.45) is 17.4 Å². The van der Waals surface area contributed by atoms with E-state index in [1.165, 1.54) is 50.7 Å². The fraction of sp³-hybridized carbons (Fsp3) is 0.895. The Morgan fingerprint density at radius 2 is 1.52 bits per heavy atom. The second-order valence-electron chi connectivity index (χ2n) is 7.13. The van der Waals surface area contributed by atoms with Crippen molar-refractivity contribution in [2.45, 2.75) is 70.0 Å². The number of hydrogen-bond donors (Lipinski definition) is 4. The highest BCUT2D eigenvalue weighted by atomic mass is 32.2. The molecule has 0 aromatic carbocycles. The molecule has 0 bridgehead atoms. The summed E-state index contributed by atoms with van der Waals surface area (Å²) in [7, 11) is 0. The van der Waals surface area contributed by atoms with E-state index in [1.807, 2.05) is 11.8 Å². The molecule has 0 radical (unpaired) electrons. The third-order valence-electron chi connectivity index (χ3n) is 4.87. The lowest BCUT2D eigenvalue weighted by Gasteiger charge is -2.13. The normalized spacial score (nSPS) is 21.8. The van der Waals surface area contributed by atoms with E-state index >= 15 is 0 Å². The maximum Gasteiger partial charge on any atom is 0.240 e. The molecule has 6 heteroatoms. The van der Waals surface area contributed by atoms with Crippen LogP contribution in [0.3, 0.4) is 0 Å². The van der Waals surface area contributed by atoms with Crippen molar-refractivity contribution in [1.82, 2.24) is 0 Å². The summed E-state index contributed by atoms with van der Waals surface area (Å²) in [4.78, 5) is 6.68. The van der Waals surface area contributed by atoms with E-state index in [0.29, 0.717) is 0 Å². The van der Waals surface area contributed by atoms with E-state index in [2.05, 4.69) is 34.9 Å². The van der Waals surface area contributed by atoms with Gasteiger partial charge in [-0.3, -0.25) is 21.5 Å². The fourth-order valence-electron chi connectivity index (χ4n) is 3.26. The Morgan fingerprint density at radius 3 is 2.04 bits per heavy atom. The van der Waals surface area contributed by atoms with Gasteiger partial charge in [-0.15, -0.1) is 0 Å². The van der Waals surface area contributed by atoms with Crippen LogP contribution in [-0.2, 0) is 0 Å². The van der Waals surface area contributed by atoms with Gasteiger partial charge in [0.2, 0.25) is 11.7 Å². The summed E-state index contributed by atoms with van der Waals surface area (Å²) < 4.78 is 0. The molecule has 25 heavy (non-hydrogen) atoms. The molecule has 0 saturated heterocycles. The van der Waals surface area contributed by atoms with E-state index in [0.717, 1.165) is 54.5 Å². The second-order valence-corrected chi connectivity index (χ2v) is 9.46. The number of unbranched alkanes of at least 4 members (excludes halogenated alkanes) is 3. The van der Waals surface area contributed by atoms with E-state index in [-0.39, 0.29) is 0 Å². The molecule has 0 aliphatic heterocycles. The zero-order chi connectivity index (χ0) is 18.3. The Kier molecular flexibility index (Phi) is 13.4. The third-order valence-corrected chi connectivity index (χ3v) is 7.05. The van der Waals surface area contributed by atoms with Gasteiger partial charge in [0.25, 0.3) is 0 Å². The summed E-state index contributed by atoms with van der Waals surface area (Å²) in [5.41, 5.74) is 12.0. The van der Waals surface area contributed by atoms with Crippen LogP contribution in [0.2, 0.25) is 0 Å². The monoisotopic (exact) mass is 388 g/mol. The molecular weight excluding hydrogens is 348 g/mol. The zero-order valence-electron chi connectivity index (χ0n) is 16.3. The molecule has 0 aromatic heterocycles. The van der Waals surface area contributed by atoms with Gasteiger partial charge in [-0.2, -0.15) is 23.5 Å². The zero-order valence-corrected chi connectivity index (χ0v) is 18.0. The Labute approximate surface area is 163 Å². The molecule has 1 fully saturated rings. The minimum absolute atomic E-state index is 0.877. The summed E-state index contributed by atoms with van der Waals surface area (Å²) in [6.45, 7) is 4.37. The van der Waals surface area contributed by atoms with Crippen LogP contribution in [0.4, 0.5) is 0 Å². The van der Waals surface area contributed by atoms with Crippen LogP contribution in [-0.4, -0.2) is 47.8 Å². The minimum Gasteiger partial charge on any atom is -0.291 e. The van der Waals surface area contributed by atoms with Crippen molar-refractivity contribution >= 4 is 35.2 Å². The largest absolute Gasteiger partial charge is 0.291 e. The molecule has 1 rings (SSSR count). The first kappa shape index (κ1) is 22.7. The van der Waals surface area contributed by atoms with E-state index in [1.54, 1.807) is 0 Å². The number of nitrogens with two attached hydrogens (primary N) is 2. The number of nitrogens with one attached hydrogen (secondary N) is 2. The molecule has 2 unspecified atom stereocenters. The lowest BCUT2D eigenvalue weighted by molar-refractivity contribution is -0.453. The van der Waals surface area contributed by atoms with Crippen molar-refractivity contribution in [3.05, 3.63) is 0 Å². The lowest BCUT2D eigenvalue weighted by Crippen LogP contribution is -2.76. The average molecular weight is 389 g/mol. The van der Waals surface area contributed by atoms with Crippen LogP contribution in [0.25, 0.3) is 0 Å². The summed E-state index contributed by atoms with van der Waals surface area (Å²) >= 11 is 3.97. The van der Waals surface area contributed by atoms with Crippen LogP contribution in [0.5, 0.6) is 0 Å². The summed E-state index contributed by atoms with van der Waals surface area (Å²) in [6, 6.07) is 0. The molecule has 4 nitrogen and oxygen atoms in total. The first-order valence-corrected chi connectivity index (χ1v) is 12.4. The summed E-state index contributed by atoms with van der Waals surface area (Å²) in [5, 5.41) is 0.877. The SMILES string of the molecule is CSCC[NH+]=C(N)CCCCCCC(N)=[NH+]CCSC1CCCC1C. The molecule has 0 spiro atoms. The quantitative estimate of drug-likeness (QED) is 0.198. The van der Waals surface area contributed by atoms with Crippen molar-refractivity contribution in [1.29, 1.82) is 0 Å². The summed E-state index contributed by atoms with van der Waals surface area (Å²) in [5.74, 6) is 5.09. The van der Waals surface area contributed by atoms with Crippen molar-refractivity contribution in [2.75, 3.05) is 30.9 Å². The number of hydrogen-bond acceptors (Lipinski definition) is 2. The Balaban J connectivity index is 1.95. The van der Waals surface area contributed by atoms with Gasteiger partial charge in [0.05, 0.1) is 13.1 Å². The molecule has 0 heterocycles. The van der Waals surface area contributed by atoms with Gasteiger partial charge in [0, 0.05) is 29.6 Å². The average Bonchev–Trinajstić information content (AvgIpc) is 3.00. The van der Waals surface area contributed by atoms with Crippen LogP contribution >= 0.6 is 23.5 Å². The van der Waals surface area contributed by atoms with Gasteiger partial charge in [0.1, 0.15) is 0 Å². The lowest BCUT2D eigenvalue weighted by atomic mass is 10.1. The van der Waals surface area contributed by atoms with E-state index in [9.17, 15) is 0 Å². The maximum atomic E-state index is 6.09. The van der Waals surface area contributed by atoms with Crippen LogP contribution in [0.15, 0.2) is 0 Å². The van der Waals surface area contributed by atoms with Crippen molar-refractivity contribution in [3.8, 4) is 0 Å². The fourth-order valence-corrected chi connectivity index (χ4v) is 4.88. The Morgan fingerprint density at radius 1 is 0.920 bits per heavy atom. The number of thioether (sulfide) groups is 2. The topological polar surface area (TPSA) is 80.0 Å². The summed E-state index contributed by atoms with van der Waals surface area (Å²) in [6.07, 6.45) is 13.1. The first-order valence-electron chi connectivity index (χ1n) is 9.94. The van der Waals surface area contributed by atoms with Gasteiger partial charge in [-0.1, -0.05) is 26.2 Å². The van der Waals surface area contributed by atoms with E-state index < -0.39 is 0 Å². The molecule has 2 atom stereocenters. The molecule has 146 valence electrons. The van der Waals surface area contributed by atoms with Crippen molar-refractivity contribution < 1.29 is 9.98 Å². The Hall–Kier alpha value is -0.360.